The molecular weight excluding hydrogens is 363 g/mol. The topological polar surface area (TPSA) is 76.0 Å². The highest BCUT2D eigenvalue weighted by Gasteiger charge is 2.32. The predicted octanol–water partition coefficient (Wildman–Crippen LogP) is 4.90. The van der Waals surface area contributed by atoms with Gasteiger partial charge in [-0.15, -0.1) is 22.0 Å². The second-order valence-electron chi connectivity index (χ2n) is 4.38. The Hall–Kier alpha value is -2.13. The van der Waals surface area contributed by atoms with Crippen LogP contribution in [-0.2, 0) is 6.18 Å². The second-order valence-corrected chi connectivity index (χ2v) is 5.87. The molecule has 2 N–H and O–H groups in total. The summed E-state index contributed by atoms with van der Waals surface area (Å²) in [6, 6.07) is 9.04. The molecule has 126 valence electrons. The van der Waals surface area contributed by atoms with Crippen LogP contribution in [0.2, 0.25) is 5.02 Å². The van der Waals surface area contributed by atoms with Crippen LogP contribution >= 0.6 is 23.4 Å². The van der Waals surface area contributed by atoms with Gasteiger partial charge >= 0.3 is 6.18 Å². The van der Waals surface area contributed by atoms with Crippen LogP contribution in [0.5, 0.6) is 0 Å². The Labute approximate surface area is 144 Å². The standard InChI is InChI=1S/C14H11ClF3N5S/c15-9-1-3-10(4-2-9)22-23-13(21-19)8-24-11-5-6-20-12(7-11)14(16,17)18/h1-7H,8,19H2. The normalized spacial score (nSPS) is 12.8. The number of alkyl halides is 3. The van der Waals surface area contributed by atoms with Crippen LogP contribution in [-0.4, -0.2) is 16.6 Å². The molecule has 0 saturated carbocycles. The molecule has 0 fully saturated rings. The van der Waals surface area contributed by atoms with Crippen molar-refractivity contribution in [3.8, 4) is 0 Å². The van der Waals surface area contributed by atoms with Gasteiger partial charge < -0.3 is 5.84 Å². The minimum absolute atomic E-state index is 0.162. The average Bonchev–Trinajstić information content (AvgIpc) is 2.56. The van der Waals surface area contributed by atoms with Crippen LogP contribution in [0.15, 0.2) is 62.8 Å². The number of hydrazone groups is 1. The molecule has 0 unspecified atom stereocenters. The van der Waals surface area contributed by atoms with E-state index in [4.69, 9.17) is 17.4 Å². The lowest BCUT2D eigenvalue weighted by atomic mass is 10.3. The molecule has 0 saturated heterocycles. The number of halogens is 4. The van der Waals surface area contributed by atoms with E-state index >= 15 is 0 Å². The van der Waals surface area contributed by atoms with E-state index in [1.807, 2.05) is 0 Å². The SMILES string of the molecule is NN=C(CSc1ccnc(C(F)(F)F)c1)N=Nc1ccc(Cl)cc1. The summed E-state index contributed by atoms with van der Waals surface area (Å²) < 4.78 is 37.8. The molecule has 1 heterocycles. The van der Waals surface area contributed by atoms with Crippen molar-refractivity contribution in [1.29, 1.82) is 0 Å². The van der Waals surface area contributed by atoms with Gasteiger partial charge in [0.15, 0.2) is 5.84 Å². The zero-order chi connectivity index (χ0) is 17.6. The number of hydrogen-bond donors (Lipinski definition) is 1. The summed E-state index contributed by atoms with van der Waals surface area (Å²) in [5.74, 6) is 5.57. The Morgan fingerprint density at radius 3 is 2.54 bits per heavy atom. The fraction of sp³-hybridized carbons (Fsp3) is 0.143. The summed E-state index contributed by atoms with van der Waals surface area (Å²) in [7, 11) is 0. The number of nitrogens with two attached hydrogens (primary N) is 1. The van der Waals surface area contributed by atoms with Gasteiger partial charge in [-0.2, -0.15) is 18.3 Å². The molecule has 5 nitrogen and oxygen atoms in total. The lowest BCUT2D eigenvalue weighted by molar-refractivity contribution is -0.141. The molecule has 24 heavy (non-hydrogen) atoms. The van der Waals surface area contributed by atoms with Crippen LogP contribution in [0, 0.1) is 0 Å². The first-order valence-corrected chi connectivity index (χ1v) is 7.85. The number of benzene rings is 1. The number of hydrogen-bond acceptors (Lipinski definition) is 5. The molecule has 10 heteroatoms. The first-order valence-electron chi connectivity index (χ1n) is 6.48. The second kappa shape index (κ2) is 8.11. The molecular formula is C14H11ClF3N5S. The van der Waals surface area contributed by atoms with Gasteiger partial charge in [-0.3, -0.25) is 4.98 Å². The predicted molar refractivity (Wildman–Crippen MR) is 87.6 cm³/mol. The number of aromatic nitrogens is 1. The highest BCUT2D eigenvalue weighted by Crippen LogP contribution is 2.30. The summed E-state index contributed by atoms with van der Waals surface area (Å²) >= 11 is 6.85. The van der Waals surface area contributed by atoms with Gasteiger partial charge in [-0.05, 0) is 36.4 Å². The third kappa shape index (κ3) is 5.50. The maximum absolute atomic E-state index is 12.6. The molecule has 0 amide bonds. The van der Waals surface area contributed by atoms with Crippen LogP contribution in [0.4, 0.5) is 18.9 Å². The third-order valence-electron chi connectivity index (χ3n) is 2.65. The minimum atomic E-state index is -4.49. The molecule has 0 atom stereocenters. The molecule has 1 aromatic carbocycles. The van der Waals surface area contributed by atoms with Gasteiger partial charge in [0.05, 0.1) is 11.4 Å². The van der Waals surface area contributed by atoms with Crippen molar-refractivity contribution >= 4 is 34.9 Å². The number of pyridine rings is 1. The van der Waals surface area contributed by atoms with Gasteiger partial charge in [0.1, 0.15) is 5.69 Å². The number of rotatable bonds is 4. The maximum atomic E-state index is 12.6. The molecule has 0 aliphatic carbocycles. The van der Waals surface area contributed by atoms with Crippen molar-refractivity contribution < 1.29 is 13.2 Å². The van der Waals surface area contributed by atoms with Gasteiger partial charge in [0, 0.05) is 16.1 Å². The quantitative estimate of drug-likeness (QED) is 0.207. The summed E-state index contributed by atoms with van der Waals surface area (Å²) in [4.78, 5) is 3.67. The molecule has 0 aliphatic rings. The first-order chi connectivity index (χ1) is 11.4. The molecule has 0 spiro atoms. The molecule has 1 aromatic heterocycles. The highest BCUT2D eigenvalue weighted by molar-refractivity contribution is 8.00. The maximum Gasteiger partial charge on any atom is 0.433 e. The van der Waals surface area contributed by atoms with Crippen LogP contribution < -0.4 is 5.84 Å². The lowest BCUT2D eigenvalue weighted by Crippen LogP contribution is -2.07. The Balaban J connectivity index is 2.00. The fourth-order valence-corrected chi connectivity index (χ4v) is 2.43. The molecule has 2 aromatic rings. The zero-order valence-electron chi connectivity index (χ0n) is 12.0. The molecule has 0 bridgehead atoms. The molecule has 2 rings (SSSR count). The van der Waals surface area contributed by atoms with Crippen LogP contribution in [0.25, 0.3) is 0 Å². The van der Waals surface area contributed by atoms with Crippen LogP contribution in [0.1, 0.15) is 5.69 Å². The van der Waals surface area contributed by atoms with Crippen molar-refractivity contribution in [2.45, 2.75) is 11.1 Å². The monoisotopic (exact) mass is 373 g/mol. The van der Waals surface area contributed by atoms with Gasteiger partial charge in [-0.1, -0.05) is 11.6 Å². The molecule has 0 aliphatic heterocycles. The summed E-state index contributed by atoms with van der Waals surface area (Å²) in [6.45, 7) is 0. The first kappa shape index (κ1) is 18.2. The number of nitrogens with zero attached hydrogens (tertiary/aromatic N) is 4. The Bertz CT molecular complexity index is 747. The van der Waals surface area contributed by atoms with Crippen molar-refractivity contribution in [2.24, 2.45) is 21.2 Å². The van der Waals surface area contributed by atoms with Crippen molar-refractivity contribution in [3.05, 3.63) is 53.3 Å². The number of azo groups is 1. The van der Waals surface area contributed by atoms with Gasteiger partial charge in [-0.25, -0.2) is 0 Å². The van der Waals surface area contributed by atoms with Crippen molar-refractivity contribution in [3.63, 3.8) is 0 Å². The molecule has 0 radical (unpaired) electrons. The summed E-state index contributed by atoms with van der Waals surface area (Å²) in [5.41, 5.74) is -0.407. The largest absolute Gasteiger partial charge is 0.433 e. The summed E-state index contributed by atoms with van der Waals surface area (Å²) in [5, 5.41) is 11.9. The van der Waals surface area contributed by atoms with E-state index in [9.17, 15) is 13.2 Å². The van der Waals surface area contributed by atoms with E-state index in [2.05, 4.69) is 20.3 Å². The number of amidine groups is 1. The van der Waals surface area contributed by atoms with E-state index in [1.54, 1.807) is 24.3 Å². The number of thioether (sulfide) groups is 1. The van der Waals surface area contributed by atoms with E-state index in [0.717, 1.165) is 24.0 Å². The van der Waals surface area contributed by atoms with Crippen molar-refractivity contribution in [1.82, 2.24) is 4.98 Å². The smallest absolute Gasteiger partial charge is 0.321 e. The Kier molecular flexibility index (Phi) is 6.16. The van der Waals surface area contributed by atoms with Gasteiger partial charge in [0.2, 0.25) is 0 Å². The Morgan fingerprint density at radius 2 is 1.92 bits per heavy atom. The van der Waals surface area contributed by atoms with Gasteiger partial charge in [0.25, 0.3) is 0 Å². The van der Waals surface area contributed by atoms with Crippen molar-refractivity contribution in [2.75, 3.05) is 5.75 Å². The Morgan fingerprint density at radius 1 is 1.21 bits per heavy atom. The lowest BCUT2D eigenvalue weighted by Gasteiger charge is -2.07. The minimum Gasteiger partial charge on any atom is -0.321 e. The van der Waals surface area contributed by atoms with Crippen LogP contribution in [0.3, 0.4) is 0 Å². The highest BCUT2D eigenvalue weighted by atomic mass is 35.5. The summed E-state index contributed by atoms with van der Waals surface area (Å²) in [6.07, 6.45) is -3.39. The fourth-order valence-electron chi connectivity index (χ4n) is 1.52. The van der Waals surface area contributed by atoms with E-state index in [1.165, 1.54) is 6.07 Å². The van der Waals surface area contributed by atoms with E-state index < -0.39 is 11.9 Å². The van der Waals surface area contributed by atoms with E-state index in [0.29, 0.717) is 15.6 Å². The third-order valence-corrected chi connectivity index (χ3v) is 3.89. The average molecular weight is 374 g/mol. The zero-order valence-corrected chi connectivity index (χ0v) is 13.6. The van der Waals surface area contributed by atoms with E-state index in [-0.39, 0.29) is 11.6 Å².